The van der Waals surface area contributed by atoms with Gasteiger partial charge in [-0.1, -0.05) is 25.7 Å². The number of hydrogen-bond acceptors (Lipinski definition) is 3. The first-order valence-corrected chi connectivity index (χ1v) is 9.15. The van der Waals surface area contributed by atoms with Gasteiger partial charge in [-0.2, -0.15) is 0 Å². The van der Waals surface area contributed by atoms with E-state index >= 15 is 0 Å². The summed E-state index contributed by atoms with van der Waals surface area (Å²) in [6.07, 6.45) is 10.2. The molecular weight excluding hydrogens is 276 g/mol. The van der Waals surface area contributed by atoms with Gasteiger partial charge >= 0.3 is 6.09 Å². The molecule has 4 heteroatoms. The largest absolute Gasteiger partial charge is 0.444 e. The van der Waals surface area contributed by atoms with Crippen LogP contribution in [0.25, 0.3) is 0 Å². The molecule has 1 atom stereocenters. The van der Waals surface area contributed by atoms with Gasteiger partial charge in [0, 0.05) is 19.1 Å². The summed E-state index contributed by atoms with van der Waals surface area (Å²) in [6.45, 7) is 8.57. The van der Waals surface area contributed by atoms with Crippen LogP contribution in [0.4, 0.5) is 4.79 Å². The second kappa shape index (κ2) is 8.19. The molecule has 0 aromatic carbocycles. The van der Waals surface area contributed by atoms with Gasteiger partial charge in [-0.25, -0.2) is 4.79 Å². The SMILES string of the molecule is CC(C)(C)OC(=O)N1CCCC(NCCC2CCCC2)CC1. The Morgan fingerprint density at radius 1 is 1.09 bits per heavy atom. The van der Waals surface area contributed by atoms with Gasteiger partial charge in [-0.3, -0.25) is 0 Å². The van der Waals surface area contributed by atoms with Gasteiger partial charge in [0.15, 0.2) is 0 Å². The minimum absolute atomic E-state index is 0.154. The van der Waals surface area contributed by atoms with E-state index in [9.17, 15) is 4.79 Å². The molecule has 1 aliphatic carbocycles. The molecule has 4 nitrogen and oxygen atoms in total. The number of amides is 1. The molecule has 1 heterocycles. The quantitative estimate of drug-likeness (QED) is 0.855. The Balaban J connectivity index is 1.66. The third-order valence-electron chi connectivity index (χ3n) is 4.84. The lowest BCUT2D eigenvalue weighted by Crippen LogP contribution is -2.38. The molecule has 0 aromatic heterocycles. The number of nitrogens with zero attached hydrogens (tertiary/aromatic N) is 1. The van der Waals surface area contributed by atoms with Crippen LogP contribution in [-0.2, 0) is 4.74 Å². The van der Waals surface area contributed by atoms with Crippen molar-refractivity contribution in [1.82, 2.24) is 10.2 Å². The van der Waals surface area contributed by atoms with Gasteiger partial charge < -0.3 is 15.0 Å². The van der Waals surface area contributed by atoms with Crippen LogP contribution in [0, 0.1) is 5.92 Å². The smallest absolute Gasteiger partial charge is 0.410 e. The van der Waals surface area contributed by atoms with Gasteiger partial charge in [0.1, 0.15) is 5.60 Å². The number of hydrogen-bond donors (Lipinski definition) is 1. The molecular formula is C18H34N2O2. The maximum atomic E-state index is 12.1. The van der Waals surface area contributed by atoms with Gasteiger partial charge in [-0.15, -0.1) is 0 Å². The standard InChI is InChI=1S/C18H34N2O2/c1-18(2,3)22-17(21)20-13-6-9-16(11-14-20)19-12-10-15-7-4-5-8-15/h15-16,19H,4-14H2,1-3H3. The average Bonchev–Trinajstić information content (AvgIpc) is 2.81. The van der Waals surface area contributed by atoms with Crippen molar-refractivity contribution in [1.29, 1.82) is 0 Å². The zero-order chi connectivity index (χ0) is 16.0. The highest BCUT2D eigenvalue weighted by Gasteiger charge is 2.25. The Hall–Kier alpha value is -0.770. The molecule has 1 saturated carbocycles. The van der Waals surface area contributed by atoms with E-state index in [4.69, 9.17) is 4.74 Å². The summed E-state index contributed by atoms with van der Waals surface area (Å²) in [7, 11) is 0. The zero-order valence-electron chi connectivity index (χ0n) is 14.7. The lowest BCUT2D eigenvalue weighted by Gasteiger charge is -2.26. The summed E-state index contributed by atoms with van der Waals surface area (Å²) in [4.78, 5) is 14.0. The van der Waals surface area contributed by atoms with Crippen LogP contribution in [0.2, 0.25) is 0 Å². The molecule has 1 unspecified atom stereocenters. The van der Waals surface area contributed by atoms with Crippen LogP contribution in [-0.4, -0.2) is 42.3 Å². The fraction of sp³-hybridized carbons (Fsp3) is 0.944. The Labute approximate surface area is 136 Å². The number of nitrogens with one attached hydrogen (secondary N) is 1. The minimum Gasteiger partial charge on any atom is -0.444 e. The molecule has 2 aliphatic rings. The summed E-state index contributed by atoms with van der Waals surface area (Å²) in [5, 5.41) is 3.72. The van der Waals surface area contributed by atoms with Crippen molar-refractivity contribution in [2.24, 2.45) is 5.92 Å². The molecule has 0 spiro atoms. The Morgan fingerprint density at radius 3 is 2.50 bits per heavy atom. The van der Waals surface area contributed by atoms with Crippen molar-refractivity contribution in [3.8, 4) is 0 Å². The van der Waals surface area contributed by atoms with E-state index < -0.39 is 5.60 Å². The van der Waals surface area contributed by atoms with E-state index in [1.165, 1.54) is 38.5 Å². The maximum absolute atomic E-state index is 12.1. The maximum Gasteiger partial charge on any atom is 0.410 e. The summed E-state index contributed by atoms with van der Waals surface area (Å²) < 4.78 is 5.48. The molecule has 0 aromatic rings. The van der Waals surface area contributed by atoms with Crippen molar-refractivity contribution >= 4 is 6.09 Å². The molecule has 1 amide bonds. The molecule has 1 aliphatic heterocycles. The van der Waals surface area contributed by atoms with Crippen molar-refractivity contribution < 1.29 is 9.53 Å². The number of carbonyl (C=O) groups is 1. The predicted octanol–water partition coefficient (Wildman–Crippen LogP) is 3.95. The van der Waals surface area contributed by atoms with E-state index in [2.05, 4.69) is 5.32 Å². The second-order valence-electron chi connectivity index (χ2n) is 7.99. The Kier molecular flexibility index (Phi) is 6.54. The first kappa shape index (κ1) is 17.6. The monoisotopic (exact) mass is 310 g/mol. The topological polar surface area (TPSA) is 41.6 Å². The van der Waals surface area contributed by atoms with Crippen LogP contribution in [0.3, 0.4) is 0 Å². The summed E-state index contributed by atoms with van der Waals surface area (Å²) >= 11 is 0. The summed E-state index contributed by atoms with van der Waals surface area (Å²) in [5.74, 6) is 0.955. The highest BCUT2D eigenvalue weighted by Crippen LogP contribution is 2.27. The minimum atomic E-state index is -0.400. The van der Waals surface area contributed by atoms with Gasteiger partial charge in [-0.05, 0) is 58.9 Å². The normalized spacial score (nSPS) is 24.3. The molecule has 2 rings (SSSR count). The number of rotatable bonds is 4. The fourth-order valence-electron chi connectivity index (χ4n) is 3.60. The summed E-state index contributed by atoms with van der Waals surface area (Å²) in [6, 6.07) is 0.564. The molecule has 2 fully saturated rings. The molecule has 0 bridgehead atoms. The molecule has 128 valence electrons. The van der Waals surface area contributed by atoms with Crippen LogP contribution < -0.4 is 5.32 Å². The van der Waals surface area contributed by atoms with Crippen LogP contribution in [0.15, 0.2) is 0 Å². The van der Waals surface area contributed by atoms with Crippen LogP contribution in [0.5, 0.6) is 0 Å². The van der Waals surface area contributed by atoms with Gasteiger partial charge in [0.2, 0.25) is 0 Å². The third kappa shape index (κ3) is 6.15. The van der Waals surface area contributed by atoms with Gasteiger partial charge in [0.25, 0.3) is 0 Å². The first-order valence-electron chi connectivity index (χ1n) is 9.15. The Bertz CT molecular complexity index is 345. The zero-order valence-corrected chi connectivity index (χ0v) is 14.7. The summed E-state index contributed by atoms with van der Waals surface area (Å²) in [5.41, 5.74) is -0.400. The van der Waals surface area contributed by atoms with E-state index in [-0.39, 0.29) is 6.09 Å². The second-order valence-corrected chi connectivity index (χ2v) is 7.99. The Morgan fingerprint density at radius 2 is 1.82 bits per heavy atom. The lowest BCUT2D eigenvalue weighted by atomic mass is 10.0. The van der Waals surface area contributed by atoms with Crippen LogP contribution >= 0.6 is 0 Å². The number of ether oxygens (including phenoxy) is 1. The van der Waals surface area contributed by atoms with E-state index in [1.807, 2.05) is 25.7 Å². The van der Waals surface area contributed by atoms with E-state index in [1.54, 1.807) is 0 Å². The van der Waals surface area contributed by atoms with Crippen molar-refractivity contribution in [3.63, 3.8) is 0 Å². The number of carbonyl (C=O) groups excluding carboxylic acids is 1. The van der Waals surface area contributed by atoms with Crippen molar-refractivity contribution in [2.75, 3.05) is 19.6 Å². The van der Waals surface area contributed by atoms with E-state index in [0.29, 0.717) is 6.04 Å². The third-order valence-corrected chi connectivity index (χ3v) is 4.84. The highest BCUT2D eigenvalue weighted by molar-refractivity contribution is 5.68. The molecule has 22 heavy (non-hydrogen) atoms. The van der Waals surface area contributed by atoms with Crippen molar-refractivity contribution in [2.45, 2.75) is 83.8 Å². The molecule has 1 saturated heterocycles. The predicted molar refractivity (Wildman–Crippen MR) is 90.0 cm³/mol. The lowest BCUT2D eigenvalue weighted by molar-refractivity contribution is 0.0256. The molecule has 1 N–H and O–H groups in total. The van der Waals surface area contributed by atoms with Gasteiger partial charge in [0.05, 0.1) is 0 Å². The fourth-order valence-corrected chi connectivity index (χ4v) is 3.60. The highest BCUT2D eigenvalue weighted by atomic mass is 16.6. The van der Waals surface area contributed by atoms with Crippen molar-refractivity contribution in [3.05, 3.63) is 0 Å². The number of likely N-dealkylation sites (tertiary alicyclic amines) is 1. The average molecular weight is 310 g/mol. The molecule has 0 radical (unpaired) electrons. The first-order chi connectivity index (χ1) is 10.4. The van der Waals surface area contributed by atoms with Crippen LogP contribution in [0.1, 0.15) is 72.1 Å². The van der Waals surface area contributed by atoms with E-state index in [0.717, 1.165) is 38.4 Å².